The van der Waals surface area contributed by atoms with Gasteiger partial charge in [-0.15, -0.1) is 11.3 Å². The van der Waals surface area contributed by atoms with Crippen molar-refractivity contribution in [3.05, 3.63) is 23.7 Å². The van der Waals surface area contributed by atoms with Gasteiger partial charge in [0, 0.05) is 19.1 Å². The quantitative estimate of drug-likeness (QED) is 0.896. The minimum absolute atomic E-state index is 0.108. The molecule has 0 radical (unpaired) electrons. The second kappa shape index (κ2) is 5.88. The average Bonchev–Trinajstić information content (AvgIpc) is 2.94. The molecule has 0 bridgehead atoms. The van der Waals surface area contributed by atoms with Crippen LogP contribution < -0.4 is 10.5 Å². The highest BCUT2D eigenvalue weighted by atomic mass is 32.2. The van der Waals surface area contributed by atoms with Crippen LogP contribution in [0.25, 0.3) is 10.2 Å². The molecule has 3 N–H and O–H groups in total. The van der Waals surface area contributed by atoms with Gasteiger partial charge in [0.1, 0.15) is 0 Å². The fourth-order valence-electron chi connectivity index (χ4n) is 2.65. The lowest BCUT2D eigenvalue weighted by atomic mass is 10.1. The van der Waals surface area contributed by atoms with E-state index in [2.05, 4.69) is 9.71 Å². The summed E-state index contributed by atoms with van der Waals surface area (Å²) in [6.45, 7) is 0.884. The van der Waals surface area contributed by atoms with Gasteiger partial charge >= 0.3 is 10.2 Å². The molecule has 1 aliphatic heterocycles. The van der Waals surface area contributed by atoms with Gasteiger partial charge in [0.15, 0.2) is 0 Å². The number of fused-ring (bicyclic) bond motifs is 1. The van der Waals surface area contributed by atoms with Crippen LogP contribution in [0.3, 0.4) is 0 Å². The van der Waals surface area contributed by atoms with Crippen molar-refractivity contribution in [2.24, 2.45) is 5.73 Å². The highest BCUT2D eigenvalue weighted by Gasteiger charge is 2.31. The molecule has 8 heteroatoms. The maximum atomic E-state index is 12.5. The molecule has 1 aromatic carbocycles. The number of hydrogen-bond acceptors (Lipinski definition) is 5. The fourth-order valence-corrected chi connectivity index (χ4v) is 4.86. The van der Waals surface area contributed by atoms with E-state index in [-0.39, 0.29) is 6.04 Å². The molecule has 21 heavy (non-hydrogen) atoms. The molecule has 2 aromatic rings. The van der Waals surface area contributed by atoms with Gasteiger partial charge in [-0.05, 0) is 31.0 Å². The number of benzene rings is 1. The standard InChI is InChI=1S/C13H18N4O2S2/c14-8-11-3-1-2-6-17(11)21(18,19)16-10-4-5-12-13(7-10)20-9-15-12/h4-5,7,9,11,16H,1-3,6,8,14H2. The van der Waals surface area contributed by atoms with Gasteiger partial charge in [-0.2, -0.15) is 12.7 Å². The average molecular weight is 326 g/mol. The molecular weight excluding hydrogens is 308 g/mol. The van der Waals surface area contributed by atoms with Crippen LogP contribution in [0, 0.1) is 0 Å². The summed E-state index contributed by atoms with van der Waals surface area (Å²) < 4.78 is 30.2. The van der Waals surface area contributed by atoms with Crippen LogP contribution in [-0.4, -0.2) is 36.8 Å². The van der Waals surface area contributed by atoms with Gasteiger partial charge < -0.3 is 5.73 Å². The first kappa shape index (κ1) is 14.7. The molecule has 1 aromatic heterocycles. The highest BCUT2D eigenvalue weighted by molar-refractivity contribution is 7.90. The Labute approximate surface area is 128 Å². The maximum absolute atomic E-state index is 12.5. The number of thiazole rings is 1. The van der Waals surface area contributed by atoms with E-state index in [1.165, 1.54) is 15.6 Å². The molecule has 2 heterocycles. The van der Waals surface area contributed by atoms with Crippen LogP contribution in [0.15, 0.2) is 23.7 Å². The number of piperidine rings is 1. The van der Waals surface area contributed by atoms with E-state index in [1.807, 2.05) is 12.1 Å². The predicted molar refractivity (Wildman–Crippen MR) is 85.6 cm³/mol. The van der Waals surface area contributed by atoms with Crippen molar-refractivity contribution >= 4 is 37.5 Å². The van der Waals surface area contributed by atoms with Crippen molar-refractivity contribution in [3.63, 3.8) is 0 Å². The molecule has 1 unspecified atom stereocenters. The van der Waals surface area contributed by atoms with Crippen LogP contribution in [0.5, 0.6) is 0 Å². The van der Waals surface area contributed by atoms with Gasteiger partial charge in [0.2, 0.25) is 0 Å². The minimum atomic E-state index is -3.56. The van der Waals surface area contributed by atoms with E-state index >= 15 is 0 Å². The Morgan fingerprint density at radius 2 is 2.29 bits per heavy atom. The Kier molecular flexibility index (Phi) is 4.12. The van der Waals surface area contributed by atoms with Crippen LogP contribution in [-0.2, 0) is 10.2 Å². The van der Waals surface area contributed by atoms with Crippen LogP contribution in [0.1, 0.15) is 19.3 Å². The first-order valence-electron chi connectivity index (χ1n) is 6.93. The van der Waals surface area contributed by atoms with Crippen molar-refractivity contribution in [3.8, 4) is 0 Å². The van der Waals surface area contributed by atoms with E-state index in [9.17, 15) is 8.42 Å². The van der Waals surface area contributed by atoms with Crippen molar-refractivity contribution < 1.29 is 8.42 Å². The normalized spacial score (nSPS) is 20.7. The van der Waals surface area contributed by atoms with Crippen molar-refractivity contribution in [2.75, 3.05) is 17.8 Å². The Morgan fingerprint density at radius 3 is 3.10 bits per heavy atom. The monoisotopic (exact) mass is 326 g/mol. The van der Waals surface area contributed by atoms with Crippen LogP contribution in [0.2, 0.25) is 0 Å². The molecule has 0 amide bonds. The summed E-state index contributed by atoms with van der Waals surface area (Å²) in [4.78, 5) is 4.19. The molecule has 0 spiro atoms. The van der Waals surface area contributed by atoms with E-state index in [0.717, 1.165) is 29.5 Å². The number of nitrogens with zero attached hydrogens (tertiary/aromatic N) is 2. The lowest BCUT2D eigenvalue weighted by Crippen LogP contribution is -2.49. The Morgan fingerprint density at radius 1 is 1.43 bits per heavy atom. The molecule has 1 fully saturated rings. The van der Waals surface area contributed by atoms with E-state index < -0.39 is 10.2 Å². The Bertz CT molecular complexity index is 729. The fraction of sp³-hybridized carbons (Fsp3) is 0.462. The minimum Gasteiger partial charge on any atom is -0.329 e. The molecule has 6 nitrogen and oxygen atoms in total. The zero-order chi connectivity index (χ0) is 14.9. The first-order valence-corrected chi connectivity index (χ1v) is 9.25. The van der Waals surface area contributed by atoms with Crippen LogP contribution in [0.4, 0.5) is 5.69 Å². The van der Waals surface area contributed by atoms with Gasteiger partial charge in [0.25, 0.3) is 0 Å². The molecular formula is C13H18N4O2S2. The smallest absolute Gasteiger partial charge is 0.301 e. The summed E-state index contributed by atoms with van der Waals surface area (Å²) in [7, 11) is -3.56. The number of rotatable bonds is 4. The first-order chi connectivity index (χ1) is 10.1. The van der Waals surface area contributed by atoms with Crippen LogP contribution >= 0.6 is 11.3 Å². The second-order valence-electron chi connectivity index (χ2n) is 5.14. The summed E-state index contributed by atoms with van der Waals surface area (Å²) in [6.07, 6.45) is 2.73. The van der Waals surface area contributed by atoms with Gasteiger partial charge in [-0.1, -0.05) is 6.42 Å². The number of anilines is 1. The summed E-state index contributed by atoms with van der Waals surface area (Å²) in [6, 6.07) is 5.26. The van der Waals surface area contributed by atoms with E-state index in [4.69, 9.17) is 5.73 Å². The third-order valence-electron chi connectivity index (χ3n) is 3.73. The summed E-state index contributed by atoms with van der Waals surface area (Å²) in [5.74, 6) is 0. The lowest BCUT2D eigenvalue weighted by Gasteiger charge is -2.33. The number of aromatic nitrogens is 1. The van der Waals surface area contributed by atoms with E-state index in [1.54, 1.807) is 11.6 Å². The molecule has 114 valence electrons. The summed E-state index contributed by atoms with van der Waals surface area (Å²) in [5, 5.41) is 0. The topological polar surface area (TPSA) is 88.3 Å². The molecule has 1 aliphatic rings. The predicted octanol–water partition coefficient (Wildman–Crippen LogP) is 1.77. The largest absolute Gasteiger partial charge is 0.329 e. The van der Waals surface area contributed by atoms with Crippen molar-refractivity contribution in [1.82, 2.24) is 9.29 Å². The van der Waals surface area contributed by atoms with Gasteiger partial charge in [-0.3, -0.25) is 4.72 Å². The van der Waals surface area contributed by atoms with Gasteiger partial charge in [-0.25, -0.2) is 4.98 Å². The third kappa shape index (κ3) is 3.03. The number of hydrogen-bond donors (Lipinski definition) is 2. The summed E-state index contributed by atoms with van der Waals surface area (Å²) >= 11 is 1.49. The molecule has 0 aliphatic carbocycles. The number of nitrogens with one attached hydrogen (secondary N) is 1. The van der Waals surface area contributed by atoms with Gasteiger partial charge in [0.05, 0.1) is 21.4 Å². The van der Waals surface area contributed by atoms with E-state index in [0.29, 0.717) is 18.8 Å². The van der Waals surface area contributed by atoms with Crippen molar-refractivity contribution in [1.29, 1.82) is 0 Å². The zero-order valence-electron chi connectivity index (χ0n) is 11.5. The Balaban J connectivity index is 1.84. The van der Waals surface area contributed by atoms with Crippen molar-refractivity contribution in [2.45, 2.75) is 25.3 Å². The molecule has 0 saturated carbocycles. The maximum Gasteiger partial charge on any atom is 0.301 e. The molecule has 1 saturated heterocycles. The second-order valence-corrected chi connectivity index (χ2v) is 7.65. The zero-order valence-corrected chi connectivity index (χ0v) is 13.2. The Hall–Kier alpha value is -1.22. The highest BCUT2D eigenvalue weighted by Crippen LogP contribution is 2.25. The molecule has 1 atom stereocenters. The summed E-state index contributed by atoms with van der Waals surface area (Å²) in [5.41, 5.74) is 8.89. The molecule has 3 rings (SSSR count). The SMILES string of the molecule is NCC1CCCCN1S(=O)(=O)Nc1ccc2ncsc2c1. The third-order valence-corrected chi connectivity index (χ3v) is 6.12. The number of nitrogens with two attached hydrogens (primary N) is 1. The lowest BCUT2D eigenvalue weighted by molar-refractivity contribution is 0.259.